The molecular formula is C16H24N4O2. The minimum atomic E-state index is 0.370. The number of carbonyl (C=O) groups excluding carboxylic acids is 1. The monoisotopic (exact) mass is 304 g/mol. The quantitative estimate of drug-likeness (QED) is 0.445. The maximum Gasteiger partial charge on any atom is 0.207 e. The van der Waals surface area contributed by atoms with Gasteiger partial charge in [-0.25, -0.2) is 4.99 Å². The van der Waals surface area contributed by atoms with Crippen molar-refractivity contribution in [3.05, 3.63) is 42.2 Å². The largest absolute Gasteiger partial charge is 0.486 e. The Bertz CT molecular complexity index is 510. The fraction of sp³-hybridized carbons (Fsp3) is 0.375. The topological polar surface area (TPSA) is 57.2 Å². The standard InChI is InChI=1S/C16H24N4O2/c1-19(2)14(10-17-13-21)11-18-16(20(3)4)12-22-15-8-6-5-7-9-15/h5-9,11,13H,10,12H2,1-4H3,(H,17,21)/b14-11+,18-16?. The Labute approximate surface area is 132 Å². The zero-order valence-corrected chi connectivity index (χ0v) is 13.6. The van der Waals surface area contributed by atoms with Crippen molar-refractivity contribution >= 4 is 12.2 Å². The van der Waals surface area contributed by atoms with Crippen LogP contribution in [0.3, 0.4) is 0 Å². The zero-order chi connectivity index (χ0) is 16.4. The minimum absolute atomic E-state index is 0.370. The second-order valence-electron chi connectivity index (χ2n) is 5.06. The van der Waals surface area contributed by atoms with Gasteiger partial charge >= 0.3 is 0 Å². The Kier molecular flexibility index (Phi) is 7.53. The summed E-state index contributed by atoms with van der Waals surface area (Å²) < 4.78 is 5.72. The van der Waals surface area contributed by atoms with Crippen molar-refractivity contribution in [2.45, 2.75) is 0 Å². The minimum Gasteiger partial charge on any atom is -0.486 e. The van der Waals surface area contributed by atoms with Crippen molar-refractivity contribution in [1.82, 2.24) is 15.1 Å². The zero-order valence-electron chi connectivity index (χ0n) is 13.6. The summed E-state index contributed by atoms with van der Waals surface area (Å²) in [5, 5.41) is 2.64. The normalized spacial score (nSPS) is 11.8. The maximum absolute atomic E-state index is 10.4. The molecule has 1 amide bonds. The molecule has 0 heterocycles. The Hall–Kier alpha value is -2.50. The number of amidine groups is 1. The number of nitrogens with one attached hydrogen (secondary N) is 1. The molecule has 0 aliphatic heterocycles. The number of aliphatic imine (C=N–C) groups is 1. The summed E-state index contributed by atoms with van der Waals surface area (Å²) in [5.41, 5.74) is 0.895. The lowest BCUT2D eigenvalue weighted by Gasteiger charge is -2.18. The average molecular weight is 304 g/mol. The number of hydrogen-bond acceptors (Lipinski definition) is 4. The van der Waals surface area contributed by atoms with Gasteiger partial charge in [-0.3, -0.25) is 4.79 Å². The van der Waals surface area contributed by atoms with E-state index in [0.717, 1.165) is 17.3 Å². The number of para-hydroxylation sites is 1. The predicted octanol–water partition coefficient (Wildman–Crippen LogP) is 1.17. The van der Waals surface area contributed by atoms with Crippen LogP contribution >= 0.6 is 0 Å². The van der Waals surface area contributed by atoms with Gasteiger partial charge in [-0.1, -0.05) is 18.2 Å². The summed E-state index contributed by atoms with van der Waals surface area (Å²) >= 11 is 0. The van der Waals surface area contributed by atoms with Crippen molar-refractivity contribution in [3.8, 4) is 5.75 Å². The van der Waals surface area contributed by atoms with Crippen LogP contribution in [0.15, 0.2) is 47.2 Å². The molecule has 6 heteroatoms. The summed E-state index contributed by atoms with van der Waals surface area (Å²) in [6.07, 6.45) is 2.41. The average Bonchev–Trinajstić information content (AvgIpc) is 2.50. The van der Waals surface area contributed by atoms with E-state index in [0.29, 0.717) is 19.6 Å². The van der Waals surface area contributed by atoms with Gasteiger partial charge in [-0.05, 0) is 12.1 Å². The van der Waals surface area contributed by atoms with Gasteiger partial charge in [-0.15, -0.1) is 0 Å². The SMILES string of the molecule is CN(C)C(COc1ccccc1)=N/C=C(\CNC=O)N(C)C. The van der Waals surface area contributed by atoms with E-state index >= 15 is 0 Å². The van der Waals surface area contributed by atoms with Gasteiger partial charge in [0.25, 0.3) is 0 Å². The molecule has 0 fully saturated rings. The van der Waals surface area contributed by atoms with Crippen LogP contribution in [-0.4, -0.2) is 63.4 Å². The molecule has 0 radical (unpaired) electrons. The van der Waals surface area contributed by atoms with Gasteiger partial charge in [0.15, 0.2) is 0 Å². The van der Waals surface area contributed by atoms with Crippen LogP contribution < -0.4 is 10.1 Å². The molecule has 1 aromatic carbocycles. The molecule has 0 aliphatic carbocycles. The molecule has 0 aromatic heterocycles. The molecule has 1 N–H and O–H groups in total. The van der Waals surface area contributed by atoms with Crippen LogP contribution in [0.5, 0.6) is 5.75 Å². The highest BCUT2D eigenvalue weighted by atomic mass is 16.5. The van der Waals surface area contributed by atoms with E-state index in [1.807, 2.05) is 68.3 Å². The molecule has 1 rings (SSSR count). The van der Waals surface area contributed by atoms with Gasteiger partial charge in [0.2, 0.25) is 6.41 Å². The van der Waals surface area contributed by atoms with E-state index in [1.54, 1.807) is 6.20 Å². The first kappa shape index (κ1) is 17.6. The lowest BCUT2D eigenvalue weighted by atomic mass is 10.3. The van der Waals surface area contributed by atoms with Gasteiger partial charge in [0.1, 0.15) is 18.2 Å². The first-order valence-electron chi connectivity index (χ1n) is 7.00. The highest BCUT2D eigenvalue weighted by Gasteiger charge is 2.04. The Balaban J connectivity index is 2.77. The van der Waals surface area contributed by atoms with E-state index in [-0.39, 0.29) is 0 Å². The fourth-order valence-corrected chi connectivity index (χ4v) is 1.56. The highest BCUT2D eigenvalue weighted by Crippen LogP contribution is 2.08. The number of likely N-dealkylation sites (N-methyl/N-ethyl adjacent to an activating group) is 2. The van der Waals surface area contributed by atoms with Crippen LogP contribution in [0.2, 0.25) is 0 Å². The number of rotatable bonds is 8. The number of amides is 1. The molecule has 0 spiro atoms. The van der Waals surface area contributed by atoms with Crippen LogP contribution in [0.1, 0.15) is 0 Å². The number of carbonyl (C=O) groups is 1. The lowest BCUT2D eigenvalue weighted by Crippen LogP contribution is -2.28. The van der Waals surface area contributed by atoms with Crippen LogP contribution in [-0.2, 0) is 4.79 Å². The van der Waals surface area contributed by atoms with Crippen molar-refractivity contribution in [1.29, 1.82) is 0 Å². The first-order valence-corrected chi connectivity index (χ1v) is 7.00. The molecule has 0 saturated carbocycles. The van der Waals surface area contributed by atoms with Crippen molar-refractivity contribution in [3.63, 3.8) is 0 Å². The number of nitrogens with zero attached hydrogens (tertiary/aromatic N) is 3. The number of ether oxygens (including phenoxy) is 1. The summed E-state index contributed by atoms with van der Waals surface area (Å²) in [6, 6.07) is 9.61. The van der Waals surface area contributed by atoms with Crippen molar-refractivity contribution in [2.24, 2.45) is 4.99 Å². The highest BCUT2D eigenvalue weighted by molar-refractivity contribution is 5.83. The van der Waals surface area contributed by atoms with E-state index in [9.17, 15) is 4.79 Å². The Morgan fingerprint density at radius 3 is 2.41 bits per heavy atom. The Morgan fingerprint density at radius 1 is 1.18 bits per heavy atom. The molecule has 1 aromatic rings. The first-order chi connectivity index (χ1) is 10.5. The van der Waals surface area contributed by atoms with Gasteiger partial charge in [-0.2, -0.15) is 0 Å². The molecule has 6 nitrogen and oxygen atoms in total. The third kappa shape index (κ3) is 6.30. The summed E-state index contributed by atoms with van der Waals surface area (Å²) in [7, 11) is 7.65. The van der Waals surface area contributed by atoms with Crippen molar-refractivity contribution < 1.29 is 9.53 Å². The maximum atomic E-state index is 10.4. The number of hydrogen-bond donors (Lipinski definition) is 1. The molecule has 22 heavy (non-hydrogen) atoms. The molecule has 0 saturated heterocycles. The smallest absolute Gasteiger partial charge is 0.207 e. The third-order valence-electron chi connectivity index (χ3n) is 2.93. The third-order valence-corrected chi connectivity index (χ3v) is 2.93. The van der Waals surface area contributed by atoms with Crippen LogP contribution in [0.4, 0.5) is 0 Å². The molecule has 0 unspecified atom stereocenters. The second kappa shape index (κ2) is 9.44. The Morgan fingerprint density at radius 2 is 1.86 bits per heavy atom. The fourth-order valence-electron chi connectivity index (χ4n) is 1.56. The van der Waals surface area contributed by atoms with E-state index in [1.165, 1.54) is 0 Å². The van der Waals surface area contributed by atoms with Crippen molar-refractivity contribution in [2.75, 3.05) is 41.3 Å². The second-order valence-corrected chi connectivity index (χ2v) is 5.06. The summed E-state index contributed by atoms with van der Waals surface area (Å²) in [6.45, 7) is 0.801. The summed E-state index contributed by atoms with van der Waals surface area (Å²) in [5.74, 6) is 1.59. The van der Waals surface area contributed by atoms with Crippen LogP contribution in [0, 0.1) is 0 Å². The lowest BCUT2D eigenvalue weighted by molar-refractivity contribution is -0.109. The van der Waals surface area contributed by atoms with E-state index < -0.39 is 0 Å². The van der Waals surface area contributed by atoms with Gasteiger partial charge in [0.05, 0.1) is 18.4 Å². The van der Waals surface area contributed by atoms with Crippen LogP contribution in [0.25, 0.3) is 0 Å². The molecule has 0 atom stereocenters. The predicted molar refractivity (Wildman–Crippen MR) is 88.9 cm³/mol. The molecule has 0 bridgehead atoms. The van der Waals surface area contributed by atoms with E-state index in [4.69, 9.17) is 4.74 Å². The number of benzene rings is 1. The molecule has 0 aliphatic rings. The summed E-state index contributed by atoms with van der Waals surface area (Å²) in [4.78, 5) is 18.7. The molecule has 120 valence electrons. The van der Waals surface area contributed by atoms with E-state index in [2.05, 4.69) is 10.3 Å². The molecular weight excluding hydrogens is 280 g/mol. The van der Waals surface area contributed by atoms with Gasteiger partial charge < -0.3 is 19.9 Å². The van der Waals surface area contributed by atoms with Gasteiger partial charge in [0, 0.05) is 28.2 Å².